The zero-order chi connectivity index (χ0) is 12.3. The van der Waals surface area contributed by atoms with E-state index in [4.69, 9.17) is 5.73 Å². The number of hydrogen-bond acceptors (Lipinski definition) is 5. The largest absolute Gasteiger partial charge is 0.393 e. The minimum Gasteiger partial charge on any atom is -0.393 e. The van der Waals surface area contributed by atoms with Gasteiger partial charge >= 0.3 is 0 Å². The lowest BCUT2D eigenvalue weighted by molar-refractivity contribution is -0.383. The molecule has 0 saturated heterocycles. The number of nitrogen functional groups attached to an aromatic ring is 1. The van der Waals surface area contributed by atoms with Gasteiger partial charge in [0.2, 0.25) is 0 Å². The Kier molecular flexibility index (Phi) is 3.24. The van der Waals surface area contributed by atoms with E-state index in [9.17, 15) is 10.1 Å². The summed E-state index contributed by atoms with van der Waals surface area (Å²) in [6.07, 6.45) is 0. The molecular weight excluding hydrogens is 238 g/mol. The highest BCUT2D eigenvalue weighted by atomic mass is 32.1. The van der Waals surface area contributed by atoms with Gasteiger partial charge in [-0.2, -0.15) is 0 Å². The number of hydrogen-bond donors (Lipinski definition) is 2. The minimum atomic E-state index is -0.481. The number of benzene rings is 1. The number of nitrogens with two attached hydrogens (primary N) is 1. The summed E-state index contributed by atoms with van der Waals surface area (Å²) in [6, 6.07) is 8.68. The highest BCUT2D eigenvalue weighted by Gasteiger charge is 2.11. The standard InChI is InChI=1S/C11H11N3O2S/c12-10-4-3-8(6-11(10)14(15)16)13-7-9-2-1-5-17-9/h1-6,13H,7,12H2. The highest BCUT2D eigenvalue weighted by Crippen LogP contribution is 2.25. The number of thiophene rings is 1. The lowest BCUT2D eigenvalue weighted by Crippen LogP contribution is -2.00. The van der Waals surface area contributed by atoms with Crippen LogP contribution in [0.25, 0.3) is 0 Å². The van der Waals surface area contributed by atoms with Crippen molar-refractivity contribution in [3.63, 3.8) is 0 Å². The summed E-state index contributed by atoms with van der Waals surface area (Å²) in [5.41, 5.74) is 6.32. The summed E-state index contributed by atoms with van der Waals surface area (Å²) in [5, 5.41) is 15.8. The average Bonchev–Trinajstić information content (AvgIpc) is 2.80. The van der Waals surface area contributed by atoms with Crippen LogP contribution in [0.15, 0.2) is 35.7 Å². The molecule has 88 valence electrons. The minimum absolute atomic E-state index is 0.0684. The van der Waals surface area contributed by atoms with E-state index in [0.717, 1.165) is 0 Å². The molecular formula is C11H11N3O2S. The van der Waals surface area contributed by atoms with Gasteiger partial charge in [0.1, 0.15) is 5.69 Å². The molecule has 0 aliphatic carbocycles. The summed E-state index contributed by atoms with van der Waals surface area (Å²) >= 11 is 1.63. The van der Waals surface area contributed by atoms with Crippen molar-refractivity contribution in [2.75, 3.05) is 11.1 Å². The molecule has 0 bridgehead atoms. The van der Waals surface area contributed by atoms with Crippen molar-refractivity contribution in [2.24, 2.45) is 0 Å². The second kappa shape index (κ2) is 4.84. The van der Waals surface area contributed by atoms with E-state index in [-0.39, 0.29) is 11.4 Å². The average molecular weight is 249 g/mol. The molecule has 1 aromatic heterocycles. The summed E-state index contributed by atoms with van der Waals surface area (Å²) in [5.74, 6) is 0. The maximum atomic E-state index is 10.7. The number of rotatable bonds is 4. The molecule has 1 aromatic carbocycles. The molecule has 0 aliphatic heterocycles. The third-order valence-corrected chi connectivity index (χ3v) is 3.15. The van der Waals surface area contributed by atoms with Gasteiger partial charge in [0.25, 0.3) is 5.69 Å². The van der Waals surface area contributed by atoms with Crippen LogP contribution in [0.3, 0.4) is 0 Å². The van der Waals surface area contributed by atoms with Crippen LogP contribution in [0, 0.1) is 10.1 Å². The van der Waals surface area contributed by atoms with Crippen LogP contribution in [-0.2, 0) is 6.54 Å². The Morgan fingerprint density at radius 1 is 1.41 bits per heavy atom. The van der Waals surface area contributed by atoms with E-state index in [1.54, 1.807) is 17.4 Å². The van der Waals surface area contributed by atoms with Crippen molar-refractivity contribution in [2.45, 2.75) is 6.54 Å². The Bertz CT molecular complexity index is 526. The number of nitrogens with one attached hydrogen (secondary N) is 1. The maximum absolute atomic E-state index is 10.7. The quantitative estimate of drug-likeness (QED) is 0.496. The van der Waals surface area contributed by atoms with Crippen LogP contribution in [0.1, 0.15) is 4.88 Å². The van der Waals surface area contributed by atoms with Crippen molar-refractivity contribution in [3.05, 3.63) is 50.7 Å². The second-order valence-corrected chi connectivity index (χ2v) is 4.50. The van der Waals surface area contributed by atoms with Gasteiger partial charge in [-0.05, 0) is 23.6 Å². The topological polar surface area (TPSA) is 81.2 Å². The first kappa shape index (κ1) is 11.4. The smallest absolute Gasteiger partial charge is 0.294 e. The number of anilines is 2. The molecule has 0 unspecified atom stereocenters. The molecule has 5 nitrogen and oxygen atoms in total. The summed E-state index contributed by atoms with van der Waals surface area (Å²) < 4.78 is 0. The van der Waals surface area contributed by atoms with Crippen LogP contribution in [-0.4, -0.2) is 4.92 Å². The van der Waals surface area contributed by atoms with Crippen LogP contribution in [0.2, 0.25) is 0 Å². The van der Waals surface area contributed by atoms with Crippen molar-refractivity contribution in [3.8, 4) is 0 Å². The number of nitro groups is 1. The van der Waals surface area contributed by atoms with E-state index < -0.39 is 4.92 Å². The first-order chi connectivity index (χ1) is 8.16. The van der Waals surface area contributed by atoms with Gasteiger partial charge in [0, 0.05) is 23.2 Å². The molecule has 6 heteroatoms. The van der Waals surface area contributed by atoms with E-state index in [2.05, 4.69) is 5.32 Å². The van der Waals surface area contributed by atoms with Gasteiger partial charge in [-0.15, -0.1) is 11.3 Å². The molecule has 1 heterocycles. The molecule has 2 aromatic rings. The fourth-order valence-electron chi connectivity index (χ4n) is 1.41. The first-order valence-corrected chi connectivity index (χ1v) is 5.85. The van der Waals surface area contributed by atoms with Crippen molar-refractivity contribution in [1.29, 1.82) is 0 Å². The zero-order valence-electron chi connectivity index (χ0n) is 8.92. The lowest BCUT2D eigenvalue weighted by Gasteiger charge is -2.05. The van der Waals surface area contributed by atoms with Crippen LogP contribution in [0.5, 0.6) is 0 Å². The van der Waals surface area contributed by atoms with E-state index in [0.29, 0.717) is 12.2 Å². The monoisotopic (exact) mass is 249 g/mol. The van der Waals surface area contributed by atoms with Crippen molar-refractivity contribution >= 4 is 28.4 Å². The summed E-state index contributed by atoms with van der Waals surface area (Å²) in [6.45, 7) is 0.652. The molecule has 17 heavy (non-hydrogen) atoms. The Morgan fingerprint density at radius 2 is 2.24 bits per heavy atom. The van der Waals surface area contributed by atoms with Gasteiger partial charge in [-0.1, -0.05) is 6.07 Å². The highest BCUT2D eigenvalue weighted by molar-refractivity contribution is 7.09. The summed E-state index contributed by atoms with van der Waals surface area (Å²) in [4.78, 5) is 11.4. The van der Waals surface area contributed by atoms with Gasteiger partial charge in [0.15, 0.2) is 0 Å². The number of nitrogens with zero attached hydrogens (tertiary/aromatic N) is 1. The predicted octanol–water partition coefficient (Wildman–Crippen LogP) is 2.85. The fourth-order valence-corrected chi connectivity index (χ4v) is 2.06. The molecule has 0 radical (unpaired) electrons. The van der Waals surface area contributed by atoms with Crippen LogP contribution in [0.4, 0.5) is 17.1 Å². The maximum Gasteiger partial charge on any atom is 0.294 e. The molecule has 2 rings (SSSR count). The molecule has 0 amide bonds. The lowest BCUT2D eigenvalue weighted by atomic mass is 10.2. The van der Waals surface area contributed by atoms with Crippen LogP contribution < -0.4 is 11.1 Å². The Hall–Kier alpha value is -2.08. The Balaban J connectivity index is 2.11. The molecule has 0 aliphatic rings. The summed E-state index contributed by atoms with van der Waals surface area (Å²) in [7, 11) is 0. The van der Waals surface area contributed by atoms with E-state index in [1.807, 2.05) is 17.5 Å². The molecule has 0 spiro atoms. The second-order valence-electron chi connectivity index (χ2n) is 3.46. The third-order valence-electron chi connectivity index (χ3n) is 2.27. The van der Waals surface area contributed by atoms with Gasteiger partial charge in [0.05, 0.1) is 4.92 Å². The number of nitro benzene ring substituents is 1. The molecule has 3 N–H and O–H groups in total. The molecule has 0 saturated carbocycles. The zero-order valence-corrected chi connectivity index (χ0v) is 9.74. The van der Waals surface area contributed by atoms with E-state index >= 15 is 0 Å². The molecule has 0 atom stereocenters. The van der Waals surface area contributed by atoms with Gasteiger partial charge < -0.3 is 11.1 Å². The Labute approximate surface area is 102 Å². The fraction of sp³-hybridized carbons (Fsp3) is 0.0909. The Morgan fingerprint density at radius 3 is 2.88 bits per heavy atom. The van der Waals surface area contributed by atoms with E-state index in [1.165, 1.54) is 17.0 Å². The molecule has 0 fully saturated rings. The van der Waals surface area contributed by atoms with Crippen molar-refractivity contribution < 1.29 is 4.92 Å². The first-order valence-electron chi connectivity index (χ1n) is 4.97. The van der Waals surface area contributed by atoms with Crippen LogP contribution >= 0.6 is 11.3 Å². The predicted molar refractivity (Wildman–Crippen MR) is 69.2 cm³/mol. The van der Waals surface area contributed by atoms with Gasteiger partial charge in [-0.25, -0.2) is 0 Å². The third kappa shape index (κ3) is 2.73. The SMILES string of the molecule is Nc1ccc(NCc2cccs2)cc1[N+](=O)[O-]. The van der Waals surface area contributed by atoms with Gasteiger partial charge in [-0.3, -0.25) is 10.1 Å². The normalized spacial score (nSPS) is 10.1. The van der Waals surface area contributed by atoms with Crippen molar-refractivity contribution in [1.82, 2.24) is 0 Å².